The van der Waals surface area contributed by atoms with Crippen LogP contribution in [0.3, 0.4) is 0 Å². The van der Waals surface area contributed by atoms with E-state index in [1.807, 2.05) is 12.1 Å². The molecular formula is C15H10N2O3. The van der Waals surface area contributed by atoms with Crippen molar-refractivity contribution in [3.05, 3.63) is 59.6 Å². The predicted molar refractivity (Wildman–Crippen MR) is 71.4 cm³/mol. The van der Waals surface area contributed by atoms with Crippen molar-refractivity contribution in [3.63, 3.8) is 0 Å². The maximum atomic E-state index is 11.3. The zero-order valence-electron chi connectivity index (χ0n) is 10.4. The van der Waals surface area contributed by atoms with Gasteiger partial charge < -0.3 is 14.1 Å². The molecule has 1 aromatic carbocycles. The first-order valence-electron chi connectivity index (χ1n) is 5.99. The first-order valence-corrected chi connectivity index (χ1v) is 5.99. The van der Waals surface area contributed by atoms with Gasteiger partial charge in [0.05, 0.1) is 6.54 Å². The molecule has 3 rings (SSSR count). The van der Waals surface area contributed by atoms with Gasteiger partial charge in [0.1, 0.15) is 17.3 Å². The van der Waals surface area contributed by atoms with Crippen molar-refractivity contribution in [2.75, 3.05) is 0 Å². The van der Waals surface area contributed by atoms with Gasteiger partial charge in [-0.05, 0) is 18.2 Å². The third-order valence-corrected chi connectivity index (χ3v) is 3.17. The van der Waals surface area contributed by atoms with Gasteiger partial charge in [-0.2, -0.15) is 5.26 Å². The van der Waals surface area contributed by atoms with E-state index in [1.54, 1.807) is 35.0 Å². The molecule has 0 aliphatic carbocycles. The highest BCUT2D eigenvalue weighted by Crippen LogP contribution is 2.27. The molecule has 0 aliphatic rings. The van der Waals surface area contributed by atoms with E-state index in [-0.39, 0.29) is 12.3 Å². The van der Waals surface area contributed by atoms with E-state index < -0.39 is 5.97 Å². The quantitative estimate of drug-likeness (QED) is 0.790. The molecule has 0 saturated carbocycles. The number of aromatic carboxylic acids is 1. The summed E-state index contributed by atoms with van der Waals surface area (Å²) in [5.74, 6) is -1.19. The van der Waals surface area contributed by atoms with Crippen molar-refractivity contribution < 1.29 is 14.3 Å². The zero-order valence-corrected chi connectivity index (χ0v) is 10.4. The van der Waals surface area contributed by atoms with Crippen molar-refractivity contribution in [1.29, 1.82) is 5.26 Å². The lowest BCUT2D eigenvalue weighted by molar-refractivity contribution is 0.0663. The highest BCUT2D eigenvalue weighted by Gasteiger charge is 2.20. The lowest BCUT2D eigenvalue weighted by atomic mass is 10.1. The Morgan fingerprint density at radius 3 is 2.85 bits per heavy atom. The number of fused-ring (bicyclic) bond motifs is 1. The monoisotopic (exact) mass is 266 g/mol. The maximum absolute atomic E-state index is 11.3. The van der Waals surface area contributed by atoms with Crippen molar-refractivity contribution in [1.82, 2.24) is 4.57 Å². The number of nitrogens with zero attached hydrogens (tertiary/aromatic N) is 2. The molecule has 0 aliphatic heterocycles. The second-order valence-electron chi connectivity index (χ2n) is 4.34. The van der Waals surface area contributed by atoms with Gasteiger partial charge >= 0.3 is 5.97 Å². The zero-order chi connectivity index (χ0) is 14.1. The van der Waals surface area contributed by atoms with Gasteiger partial charge in [-0.25, -0.2) is 4.79 Å². The predicted octanol–water partition coefficient (Wildman–Crippen LogP) is 2.85. The summed E-state index contributed by atoms with van der Waals surface area (Å²) in [6, 6.07) is 12.7. The van der Waals surface area contributed by atoms with Gasteiger partial charge in [-0.1, -0.05) is 18.2 Å². The number of benzene rings is 1. The van der Waals surface area contributed by atoms with Crippen molar-refractivity contribution >= 4 is 16.9 Å². The van der Waals surface area contributed by atoms with Gasteiger partial charge in [0, 0.05) is 17.1 Å². The fraction of sp³-hybridized carbons (Fsp3) is 0.0667. The van der Waals surface area contributed by atoms with Crippen molar-refractivity contribution in [2.45, 2.75) is 6.54 Å². The maximum Gasteiger partial charge on any atom is 0.372 e. The van der Waals surface area contributed by atoms with Gasteiger partial charge in [0.25, 0.3) is 0 Å². The van der Waals surface area contributed by atoms with Crippen LogP contribution in [0.1, 0.15) is 21.8 Å². The minimum atomic E-state index is -1.11. The standard InChI is InChI=1S/C15H10N2O3/c16-8-10-4-3-7-17(10)9-12-11-5-1-2-6-13(11)20-14(12)15(18)19/h1-7H,9H2,(H,18,19). The van der Waals surface area contributed by atoms with E-state index in [0.717, 1.165) is 5.39 Å². The molecule has 98 valence electrons. The molecule has 0 amide bonds. The van der Waals surface area contributed by atoms with Crippen LogP contribution in [0.5, 0.6) is 0 Å². The Morgan fingerprint density at radius 2 is 2.10 bits per heavy atom. The summed E-state index contributed by atoms with van der Waals surface area (Å²) in [7, 11) is 0. The summed E-state index contributed by atoms with van der Waals surface area (Å²) in [4.78, 5) is 11.3. The number of nitriles is 1. The molecular weight excluding hydrogens is 256 g/mol. The number of para-hydroxylation sites is 1. The van der Waals surface area contributed by atoms with Gasteiger partial charge in [-0.3, -0.25) is 0 Å². The van der Waals surface area contributed by atoms with E-state index in [0.29, 0.717) is 16.8 Å². The number of aromatic nitrogens is 1. The topological polar surface area (TPSA) is 79.2 Å². The minimum absolute atomic E-state index is 0.0798. The smallest absolute Gasteiger partial charge is 0.372 e. The van der Waals surface area contributed by atoms with Crippen LogP contribution < -0.4 is 0 Å². The summed E-state index contributed by atoms with van der Waals surface area (Å²) in [6.45, 7) is 0.286. The molecule has 20 heavy (non-hydrogen) atoms. The van der Waals surface area contributed by atoms with Gasteiger partial charge in [0.2, 0.25) is 5.76 Å². The minimum Gasteiger partial charge on any atom is -0.475 e. The van der Waals surface area contributed by atoms with Crippen molar-refractivity contribution in [2.24, 2.45) is 0 Å². The van der Waals surface area contributed by atoms with Crippen LogP contribution in [-0.4, -0.2) is 15.6 Å². The number of hydrogen-bond donors (Lipinski definition) is 1. The second-order valence-corrected chi connectivity index (χ2v) is 4.34. The average molecular weight is 266 g/mol. The summed E-state index contributed by atoms with van der Waals surface area (Å²) in [5.41, 5.74) is 1.58. The number of rotatable bonds is 3. The van der Waals surface area contributed by atoms with Gasteiger partial charge in [-0.15, -0.1) is 0 Å². The first-order chi connectivity index (χ1) is 9.70. The number of hydrogen-bond acceptors (Lipinski definition) is 3. The molecule has 1 N–H and O–H groups in total. The van der Waals surface area contributed by atoms with E-state index in [2.05, 4.69) is 6.07 Å². The van der Waals surface area contributed by atoms with Crippen LogP contribution in [-0.2, 0) is 6.54 Å². The van der Waals surface area contributed by atoms with Gasteiger partial charge in [0.15, 0.2) is 0 Å². The Labute approximate surface area is 114 Å². The number of carboxylic acid groups (broad SMARTS) is 1. The number of carbonyl (C=O) groups is 1. The average Bonchev–Trinajstić information content (AvgIpc) is 3.04. The SMILES string of the molecule is N#Cc1cccn1Cc1c(C(=O)O)oc2ccccc12. The normalized spacial score (nSPS) is 10.6. The lowest BCUT2D eigenvalue weighted by Gasteiger charge is -2.04. The molecule has 3 aromatic rings. The molecule has 5 nitrogen and oxygen atoms in total. The molecule has 5 heteroatoms. The lowest BCUT2D eigenvalue weighted by Crippen LogP contribution is -2.05. The summed E-state index contributed by atoms with van der Waals surface area (Å²) < 4.78 is 7.09. The molecule has 2 aromatic heterocycles. The number of furan rings is 1. The Morgan fingerprint density at radius 1 is 1.30 bits per heavy atom. The number of carboxylic acids is 1. The Balaban J connectivity index is 2.17. The van der Waals surface area contributed by atoms with Crippen LogP contribution in [0, 0.1) is 11.3 Å². The van der Waals surface area contributed by atoms with Crippen molar-refractivity contribution in [3.8, 4) is 6.07 Å². The van der Waals surface area contributed by atoms with E-state index >= 15 is 0 Å². The molecule has 0 bridgehead atoms. The Kier molecular flexibility index (Phi) is 2.77. The van der Waals surface area contributed by atoms with Crippen LogP contribution in [0.15, 0.2) is 47.0 Å². The Hall–Kier alpha value is -3.00. The molecule has 0 saturated heterocycles. The summed E-state index contributed by atoms with van der Waals surface area (Å²) in [5, 5.41) is 19.0. The molecule has 2 heterocycles. The van der Waals surface area contributed by atoms with Crippen LogP contribution >= 0.6 is 0 Å². The van der Waals surface area contributed by atoms with Crippen LogP contribution in [0.4, 0.5) is 0 Å². The van der Waals surface area contributed by atoms with E-state index in [4.69, 9.17) is 9.68 Å². The van der Waals surface area contributed by atoms with E-state index in [1.165, 1.54) is 0 Å². The highest BCUT2D eigenvalue weighted by molar-refractivity contribution is 5.95. The fourth-order valence-corrected chi connectivity index (χ4v) is 2.25. The highest BCUT2D eigenvalue weighted by atomic mass is 16.4. The molecule has 0 unspecified atom stereocenters. The third kappa shape index (κ3) is 1.84. The second kappa shape index (κ2) is 4.59. The van der Waals surface area contributed by atoms with Crippen LogP contribution in [0.25, 0.3) is 11.0 Å². The summed E-state index contributed by atoms with van der Waals surface area (Å²) >= 11 is 0. The molecule has 0 spiro atoms. The summed E-state index contributed by atoms with van der Waals surface area (Å²) in [6.07, 6.45) is 1.74. The molecule has 0 atom stereocenters. The molecule has 0 fully saturated rings. The van der Waals surface area contributed by atoms with Crippen LogP contribution in [0.2, 0.25) is 0 Å². The first kappa shape index (κ1) is 12.1. The largest absolute Gasteiger partial charge is 0.475 e. The molecule has 0 radical (unpaired) electrons. The van der Waals surface area contributed by atoms with E-state index in [9.17, 15) is 9.90 Å². The third-order valence-electron chi connectivity index (χ3n) is 3.17. The Bertz CT molecular complexity index is 836. The fourth-order valence-electron chi connectivity index (χ4n) is 2.25.